The molecule has 1 saturated heterocycles. The van der Waals surface area contributed by atoms with Crippen LogP contribution in [0.15, 0.2) is 18.2 Å². The van der Waals surface area contributed by atoms with Crippen LogP contribution in [-0.2, 0) is 0 Å². The van der Waals surface area contributed by atoms with E-state index in [1.807, 2.05) is 25.1 Å². The molecule has 1 aliphatic rings. The Morgan fingerprint density at radius 1 is 1.55 bits per heavy atom. The smallest absolute Gasteiger partial charge is 0.255 e. The minimum absolute atomic E-state index is 0.000848. The highest BCUT2D eigenvalue weighted by molar-refractivity contribution is 14.1. The molecule has 0 bridgehead atoms. The van der Waals surface area contributed by atoms with Crippen molar-refractivity contribution >= 4 is 28.5 Å². The Kier molecular flexibility index (Phi) is 5.80. The summed E-state index contributed by atoms with van der Waals surface area (Å²) >= 11 is 2.22. The first-order chi connectivity index (χ1) is 9.63. The Morgan fingerprint density at radius 2 is 2.35 bits per heavy atom. The fourth-order valence-electron chi connectivity index (χ4n) is 2.56. The van der Waals surface area contributed by atoms with Crippen molar-refractivity contribution in [2.24, 2.45) is 0 Å². The van der Waals surface area contributed by atoms with E-state index in [0.29, 0.717) is 19.1 Å². The molecule has 5 heteroatoms. The van der Waals surface area contributed by atoms with E-state index in [4.69, 9.17) is 0 Å². The number of nitrogens with zero attached hydrogens (tertiary/aromatic N) is 1. The lowest BCUT2D eigenvalue weighted by Crippen LogP contribution is -2.42. The number of hydrogen-bond acceptors (Lipinski definition) is 3. The number of carbonyl (C=O) groups excluding carboxylic acids is 1. The Labute approximate surface area is 133 Å². The minimum atomic E-state index is 0.000848. The van der Waals surface area contributed by atoms with E-state index in [2.05, 4.69) is 27.9 Å². The molecular weight excluding hydrogens is 367 g/mol. The Morgan fingerprint density at radius 3 is 3.00 bits per heavy atom. The lowest BCUT2D eigenvalue weighted by molar-refractivity contribution is 0.0705. The van der Waals surface area contributed by atoms with Crippen LogP contribution in [0.4, 0.5) is 0 Å². The second-order valence-electron chi connectivity index (χ2n) is 5.20. The highest BCUT2D eigenvalue weighted by Crippen LogP contribution is 2.19. The molecule has 1 aliphatic heterocycles. The molecule has 1 heterocycles. The number of nitrogens with one attached hydrogen (secondary N) is 1. The third-order valence-electron chi connectivity index (χ3n) is 3.68. The summed E-state index contributed by atoms with van der Waals surface area (Å²) in [6.07, 6.45) is 2.26. The van der Waals surface area contributed by atoms with Crippen molar-refractivity contribution in [2.45, 2.75) is 25.8 Å². The van der Waals surface area contributed by atoms with Crippen LogP contribution >= 0.6 is 22.6 Å². The number of benzene rings is 1. The number of aryl methyl sites for hydroxylation is 1. The highest BCUT2D eigenvalue weighted by atomic mass is 127. The molecule has 110 valence electrons. The number of rotatable bonds is 5. The number of hydrogen-bond donors (Lipinski definition) is 2. The summed E-state index contributed by atoms with van der Waals surface area (Å²) in [5.41, 5.74) is 1.84. The van der Waals surface area contributed by atoms with E-state index in [1.54, 1.807) is 4.90 Å². The van der Waals surface area contributed by atoms with Crippen molar-refractivity contribution < 1.29 is 9.90 Å². The summed E-state index contributed by atoms with van der Waals surface area (Å²) in [5.74, 6) is 0.0147. The fraction of sp³-hybridized carbons (Fsp3) is 0.533. The maximum absolute atomic E-state index is 12.7. The molecule has 0 aliphatic carbocycles. The van der Waals surface area contributed by atoms with Crippen LogP contribution in [0.2, 0.25) is 0 Å². The molecule has 1 amide bonds. The Hall–Kier alpha value is -0.660. The van der Waals surface area contributed by atoms with Gasteiger partial charge in [-0.1, -0.05) is 12.1 Å². The number of amides is 1. The topological polar surface area (TPSA) is 52.6 Å². The monoisotopic (exact) mass is 388 g/mol. The highest BCUT2D eigenvalue weighted by Gasteiger charge is 2.23. The van der Waals surface area contributed by atoms with Crippen molar-refractivity contribution in [1.82, 2.24) is 10.2 Å². The normalized spacial score (nSPS) is 18.2. The minimum Gasteiger partial charge on any atom is -0.395 e. The molecule has 0 spiro atoms. The summed E-state index contributed by atoms with van der Waals surface area (Å²) in [5, 5.41) is 12.6. The van der Waals surface area contributed by atoms with Crippen molar-refractivity contribution in [1.29, 1.82) is 0 Å². The molecule has 20 heavy (non-hydrogen) atoms. The maximum atomic E-state index is 12.7. The third-order valence-corrected chi connectivity index (χ3v) is 5.11. The van der Waals surface area contributed by atoms with Crippen LogP contribution in [-0.4, -0.2) is 48.2 Å². The van der Waals surface area contributed by atoms with Crippen LogP contribution in [0, 0.1) is 10.5 Å². The van der Waals surface area contributed by atoms with Crippen LogP contribution < -0.4 is 5.32 Å². The van der Waals surface area contributed by atoms with Gasteiger partial charge in [-0.15, -0.1) is 0 Å². The molecule has 1 fully saturated rings. The fourth-order valence-corrected chi connectivity index (χ4v) is 3.15. The average Bonchev–Trinajstić information content (AvgIpc) is 2.94. The predicted octanol–water partition coefficient (Wildman–Crippen LogP) is 1.79. The zero-order valence-corrected chi connectivity index (χ0v) is 13.9. The van der Waals surface area contributed by atoms with Crippen LogP contribution in [0.3, 0.4) is 0 Å². The van der Waals surface area contributed by atoms with E-state index < -0.39 is 0 Å². The van der Waals surface area contributed by atoms with Gasteiger partial charge in [0.2, 0.25) is 0 Å². The standard InChI is InChI=1S/C15H21IN2O2/c1-11-4-2-6-13(14(11)16)15(20)18(8-9-19)10-12-5-3-7-17-12/h2,4,6,12,17,19H,3,5,7-10H2,1H3. The number of aliphatic hydroxyl groups excluding tert-OH is 1. The van der Waals surface area contributed by atoms with Gasteiger partial charge in [0.15, 0.2) is 0 Å². The molecule has 2 N–H and O–H groups in total. The first-order valence-corrected chi connectivity index (χ1v) is 8.10. The Bertz CT molecular complexity index is 473. The number of halogens is 1. The molecule has 0 saturated carbocycles. The van der Waals surface area contributed by atoms with Gasteiger partial charge in [-0.3, -0.25) is 4.79 Å². The molecular formula is C15H21IN2O2. The van der Waals surface area contributed by atoms with E-state index in [1.165, 1.54) is 0 Å². The van der Waals surface area contributed by atoms with Gasteiger partial charge < -0.3 is 15.3 Å². The molecule has 2 rings (SSSR count). The van der Waals surface area contributed by atoms with Crippen molar-refractivity contribution in [2.75, 3.05) is 26.2 Å². The summed E-state index contributed by atoms with van der Waals surface area (Å²) in [6, 6.07) is 6.14. The van der Waals surface area contributed by atoms with Gasteiger partial charge >= 0.3 is 0 Å². The summed E-state index contributed by atoms with van der Waals surface area (Å²) in [6.45, 7) is 4.09. The molecule has 1 aromatic rings. The van der Waals surface area contributed by atoms with Crippen molar-refractivity contribution in [3.8, 4) is 0 Å². The zero-order chi connectivity index (χ0) is 14.5. The van der Waals surface area contributed by atoms with Gasteiger partial charge in [0, 0.05) is 22.7 Å². The van der Waals surface area contributed by atoms with E-state index in [9.17, 15) is 9.90 Å². The quantitative estimate of drug-likeness (QED) is 0.757. The molecule has 4 nitrogen and oxygen atoms in total. The van der Waals surface area contributed by atoms with Crippen LogP contribution in [0.25, 0.3) is 0 Å². The van der Waals surface area contributed by atoms with Crippen LogP contribution in [0.5, 0.6) is 0 Å². The summed E-state index contributed by atoms with van der Waals surface area (Å²) < 4.78 is 0.998. The molecule has 0 aromatic heterocycles. The van der Waals surface area contributed by atoms with Crippen molar-refractivity contribution in [3.63, 3.8) is 0 Å². The maximum Gasteiger partial charge on any atom is 0.255 e. The van der Waals surface area contributed by atoms with E-state index in [0.717, 1.165) is 34.1 Å². The number of aliphatic hydroxyl groups is 1. The van der Waals surface area contributed by atoms with Gasteiger partial charge in [-0.25, -0.2) is 0 Å². The number of carbonyl (C=O) groups is 1. The molecule has 0 radical (unpaired) electrons. The van der Waals surface area contributed by atoms with Gasteiger partial charge in [-0.2, -0.15) is 0 Å². The first kappa shape index (κ1) is 15.7. The third kappa shape index (κ3) is 3.71. The average molecular weight is 388 g/mol. The Balaban J connectivity index is 2.14. The van der Waals surface area contributed by atoms with Crippen LogP contribution in [0.1, 0.15) is 28.8 Å². The predicted molar refractivity (Wildman–Crippen MR) is 87.9 cm³/mol. The molecule has 1 unspecified atom stereocenters. The second kappa shape index (κ2) is 7.38. The lowest BCUT2D eigenvalue weighted by atomic mass is 10.1. The van der Waals surface area contributed by atoms with E-state index in [-0.39, 0.29) is 12.5 Å². The zero-order valence-electron chi connectivity index (χ0n) is 11.7. The van der Waals surface area contributed by atoms with Gasteiger partial charge in [-0.05, 0) is 60.5 Å². The van der Waals surface area contributed by atoms with Gasteiger partial charge in [0.1, 0.15) is 0 Å². The summed E-state index contributed by atoms with van der Waals surface area (Å²) in [4.78, 5) is 14.4. The molecule has 1 aromatic carbocycles. The van der Waals surface area contributed by atoms with Gasteiger partial charge in [0.05, 0.1) is 12.2 Å². The SMILES string of the molecule is Cc1cccc(C(=O)N(CCO)CC2CCCN2)c1I. The molecule has 1 atom stereocenters. The first-order valence-electron chi connectivity index (χ1n) is 7.02. The summed E-state index contributed by atoms with van der Waals surface area (Å²) in [7, 11) is 0. The largest absolute Gasteiger partial charge is 0.395 e. The van der Waals surface area contributed by atoms with Gasteiger partial charge in [0.25, 0.3) is 5.91 Å². The van der Waals surface area contributed by atoms with Crippen molar-refractivity contribution in [3.05, 3.63) is 32.9 Å². The lowest BCUT2D eigenvalue weighted by Gasteiger charge is -2.26. The second-order valence-corrected chi connectivity index (χ2v) is 6.28. The van der Waals surface area contributed by atoms with E-state index >= 15 is 0 Å².